The van der Waals surface area contributed by atoms with Crippen molar-refractivity contribution in [2.45, 2.75) is 38.6 Å². The Balaban J connectivity index is 2.70. The van der Waals surface area contributed by atoms with Gasteiger partial charge in [0.1, 0.15) is 0 Å². The summed E-state index contributed by atoms with van der Waals surface area (Å²) in [6.07, 6.45) is -3.11. The number of hydrogen-bond donors (Lipinski definition) is 2. The van der Waals surface area contributed by atoms with E-state index in [9.17, 15) is 23.1 Å². The summed E-state index contributed by atoms with van der Waals surface area (Å²) in [5.74, 6) is -0.564. The van der Waals surface area contributed by atoms with Crippen molar-refractivity contribution in [3.8, 4) is 0 Å². The third kappa shape index (κ3) is 5.99. The smallest absolute Gasteiger partial charge is 0.379 e. The molecule has 2 N–H and O–H groups in total. The molecular formula is C15H18F3NO2. The minimum absolute atomic E-state index is 0.464. The van der Waals surface area contributed by atoms with Crippen LogP contribution in [0.3, 0.4) is 0 Å². The highest BCUT2D eigenvalue weighted by Crippen LogP contribution is 2.29. The molecule has 1 atom stereocenters. The second-order valence-electron chi connectivity index (χ2n) is 5.66. The van der Waals surface area contributed by atoms with Crippen molar-refractivity contribution in [1.29, 1.82) is 0 Å². The standard InChI is InChI=1S/C15H18F3NO2/c1-14(2,3)19-13(21)12(20)9-6-10-4-7-11(8-5-10)15(16,17)18/h4-9,12,20H,1-3H3,(H,19,21)/b9-6+/t12-/m0/s1. The van der Waals surface area contributed by atoms with Crippen LogP contribution < -0.4 is 5.32 Å². The number of halogens is 3. The van der Waals surface area contributed by atoms with E-state index in [2.05, 4.69) is 5.32 Å². The largest absolute Gasteiger partial charge is 0.416 e. The first kappa shape index (κ1) is 17.2. The monoisotopic (exact) mass is 301 g/mol. The summed E-state index contributed by atoms with van der Waals surface area (Å²) >= 11 is 0. The molecule has 1 rings (SSSR count). The van der Waals surface area contributed by atoms with Gasteiger partial charge in [0.25, 0.3) is 5.91 Å². The number of hydrogen-bond acceptors (Lipinski definition) is 2. The van der Waals surface area contributed by atoms with Gasteiger partial charge in [-0.25, -0.2) is 0 Å². The Hall–Kier alpha value is -1.82. The molecule has 1 aromatic carbocycles. The number of aliphatic hydroxyl groups is 1. The maximum Gasteiger partial charge on any atom is 0.416 e. The van der Waals surface area contributed by atoms with Crippen LogP contribution in [0.1, 0.15) is 31.9 Å². The molecule has 6 heteroatoms. The van der Waals surface area contributed by atoms with Crippen LogP contribution in [0.4, 0.5) is 13.2 Å². The lowest BCUT2D eigenvalue weighted by atomic mass is 10.1. The Kier molecular flexibility index (Phi) is 5.17. The maximum absolute atomic E-state index is 12.4. The molecular weight excluding hydrogens is 283 g/mol. The molecule has 0 aliphatic rings. The van der Waals surface area contributed by atoms with E-state index in [0.29, 0.717) is 5.56 Å². The minimum Gasteiger partial charge on any atom is -0.379 e. The summed E-state index contributed by atoms with van der Waals surface area (Å²) in [7, 11) is 0. The number of carbonyl (C=O) groups is 1. The number of benzene rings is 1. The fourth-order valence-electron chi connectivity index (χ4n) is 1.52. The zero-order chi connectivity index (χ0) is 16.3. The van der Waals surface area contributed by atoms with E-state index in [1.165, 1.54) is 24.3 Å². The number of alkyl halides is 3. The van der Waals surface area contributed by atoms with Crippen LogP contribution in [0.15, 0.2) is 30.3 Å². The van der Waals surface area contributed by atoms with E-state index in [0.717, 1.165) is 12.1 Å². The normalized spacial score (nSPS) is 14.2. The van der Waals surface area contributed by atoms with Gasteiger partial charge in [0.15, 0.2) is 6.10 Å². The molecule has 1 amide bonds. The number of carbonyl (C=O) groups excluding carboxylic acids is 1. The number of amides is 1. The van der Waals surface area contributed by atoms with Crippen molar-refractivity contribution >= 4 is 12.0 Å². The molecule has 0 aromatic heterocycles. The molecule has 0 spiro atoms. The summed E-state index contributed by atoms with van der Waals surface area (Å²) < 4.78 is 37.2. The van der Waals surface area contributed by atoms with Gasteiger partial charge in [0.2, 0.25) is 0 Å². The Bertz CT molecular complexity index is 513. The first-order valence-electron chi connectivity index (χ1n) is 6.34. The minimum atomic E-state index is -4.38. The zero-order valence-electron chi connectivity index (χ0n) is 12.0. The third-order valence-electron chi connectivity index (χ3n) is 2.48. The highest BCUT2D eigenvalue weighted by Gasteiger charge is 2.29. The molecule has 1 aromatic rings. The molecule has 0 saturated heterocycles. The quantitative estimate of drug-likeness (QED) is 0.901. The molecule has 0 aliphatic carbocycles. The first-order valence-corrected chi connectivity index (χ1v) is 6.34. The summed E-state index contributed by atoms with van der Waals surface area (Å²) in [4.78, 5) is 11.6. The second kappa shape index (κ2) is 6.30. The number of rotatable bonds is 3. The van der Waals surface area contributed by atoms with Crippen LogP contribution >= 0.6 is 0 Å². The van der Waals surface area contributed by atoms with Gasteiger partial charge < -0.3 is 10.4 Å². The predicted octanol–water partition coefficient (Wildman–Crippen LogP) is 2.99. The van der Waals surface area contributed by atoms with Crippen molar-refractivity contribution in [1.82, 2.24) is 5.32 Å². The van der Waals surface area contributed by atoms with Crippen molar-refractivity contribution in [3.05, 3.63) is 41.5 Å². The van der Waals surface area contributed by atoms with Gasteiger partial charge in [-0.2, -0.15) is 13.2 Å². The topological polar surface area (TPSA) is 49.3 Å². The number of nitrogens with one attached hydrogen (secondary N) is 1. The van der Waals surface area contributed by atoms with E-state index in [-0.39, 0.29) is 0 Å². The summed E-state index contributed by atoms with van der Waals surface area (Å²) in [5.41, 5.74) is -0.753. The van der Waals surface area contributed by atoms with Gasteiger partial charge in [0, 0.05) is 5.54 Å². The van der Waals surface area contributed by atoms with E-state index in [4.69, 9.17) is 0 Å². The highest BCUT2D eigenvalue weighted by atomic mass is 19.4. The molecule has 116 valence electrons. The molecule has 0 bridgehead atoms. The molecule has 0 heterocycles. The van der Waals surface area contributed by atoms with Gasteiger partial charge in [-0.15, -0.1) is 0 Å². The van der Waals surface area contributed by atoms with Crippen LogP contribution in [0.25, 0.3) is 6.08 Å². The molecule has 0 aliphatic heterocycles. The molecule has 0 unspecified atom stereocenters. The van der Waals surface area contributed by atoms with Crippen molar-refractivity contribution in [2.24, 2.45) is 0 Å². The van der Waals surface area contributed by atoms with Crippen LogP contribution in [0, 0.1) is 0 Å². The van der Waals surface area contributed by atoms with Gasteiger partial charge >= 0.3 is 6.18 Å². The van der Waals surface area contributed by atoms with Gasteiger partial charge in [-0.05, 0) is 44.5 Å². The van der Waals surface area contributed by atoms with E-state index < -0.39 is 29.3 Å². The van der Waals surface area contributed by atoms with Gasteiger partial charge in [-0.1, -0.05) is 18.2 Å². The van der Waals surface area contributed by atoms with Crippen molar-refractivity contribution in [2.75, 3.05) is 0 Å². The van der Waals surface area contributed by atoms with Crippen LogP contribution in [0.2, 0.25) is 0 Å². The summed E-state index contributed by atoms with van der Waals surface area (Å²) in [6.45, 7) is 5.32. The van der Waals surface area contributed by atoms with Gasteiger partial charge in [-0.3, -0.25) is 4.79 Å². The molecule has 21 heavy (non-hydrogen) atoms. The highest BCUT2D eigenvalue weighted by molar-refractivity contribution is 5.84. The zero-order valence-corrected chi connectivity index (χ0v) is 12.0. The second-order valence-corrected chi connectivity index (χ2v) is 5.66. The van der Waals surface area contributed by atoms with Crippen LogP contribution in [0.5, 0.6) is 0 Å². The van der Waals surface area contributed by atoms with Gasteiger partial charge in [0.05, 0.1) is 5.56 Å². The Morgan fingerprint density at radius 3 is 2.14 bits per heavy atom. The Morgan fingerprint density at radius 1 is 1.19 bits per heavy atom. The van der Waals surface area contributed by atoms with Crippen LogP contribution in [-0.4, -0.2) is 22.7 Å². The van der Waals surface area contributed by atoms with Crippen molar-refractivity contribution < 1.29 is 23.1 Å². The predicted molar refractivity (Wildman–Crippen MR) is 74.4 cm³/mol. The molecule has 0 saturated carbocycles. The summed E-state index contributed by atoms with van der Waals surface area (Å²) in [6, 6.07) is 4.43. The third-order valence-corrected chi connectivity index (χ3v) is 2.48. The Morgan fingerprint density at radius 2 is 1.71 bits per heavy atom. The average molecular weight is 301 g/mol. The lowest BCUT2D eigenvalue weighted by Gasteiger charge is -2.21. The molecule has 0 fully saturated rings. The lowest BCUT2D eigenvalue weighted by molar-refractivity contribution is -0.137. The molecule has 0 radical (unpaired) electrons. The Labute approximate surface area is 121 Å². The fraction of sp³-hybridized carbons (Fsp3) is 0.400. The number of aliphatic hydroxyl groups excluding tert-OH is 1. The van der Waals surface area contributed by atoms with Crippen LogP contribution in [-0.2, 0) is 11.0 Å². The average Bonchev–Trinajstić information content (AvgIpc) is 2.33. The van der Waals surface area contributed by atoms with E-state index in [1.54, 1.807) is 20.8 Å². The molecule has 3 nitrogen and oxygen atoms in total. The van der Waals surface area contributed by atoms with Crippen molar-refractivity contribution in [3.63, 3.8) is 0 Å². The lowest BCUT2D eigenvalue weighted by Crippen LogP contribution is -2.45. The maximum atomic E-state index is 12.4. The summed E-state index contributed by atoms with van der Waals surface area (Å²) in [5, 5.41) is 12.2. The first-order chi connectivity index (χ1) is 9.49. The van der Waals surface area contributed by atoms with E-state index >= 15 is 0 Å². The SMILES string of the molecule is CC(C)(C)NC(=O)[C@@H](O)/C=C/c1ccc(C(F)(F)F)cc1. The van der Waals surface area contributed by atoms with E-state index in [1.807, 2.05) is 0 Å². The fourth-order valence-corrected chi connectivity index (χ4v) is 1.52.